The number of furan rings is 2. The molecule has 4 N–H and O–H groups in total. The third-order valence-electron chi connectivity index (χ3n) is 7.88. The van der Waals surface area contributed by atoms with E-state index in [1.54, 1.807) is 0 Å². The van der Waals surface area contributed by atoms with Gasteiger partial charge in [0.25, 0.3) is 0 Å². The Balaban J connectivity index is 0.000000166. The largest absolute Gasteiger partial charge is 0.478 e. The number of esters is 1. The molecule has 0 unspecified atom stereocenters. The molecule has 0 amide bonds. The average Bonchev–Trinajstić information content (AvgIpc) is 3.80. The lowest BCUT2D eigenvalue weighted by atomic mass is 9.90. The molecule has 2 atom stereocenters. The van der Waals surface area contributed by atoms with Crippen molar-refractivity contribution in [3.8, 4) is 0 Å². The molecule has 1 saturated heterocycles. The first kappa shape index (κ1) is 37.5. The zero-order valence-electron chi connectivity index (χ0n) is 28.1. The number of hydrogen-bond acceptors (Lipinski definition) is 16. The summed E-state index contributed by atoms with van der Waals surface area (Å²) < 4.78 is 25.7. The molecular formula is C35H32N2O15. The summed E-state index contributed by atoms with van der Waals surface area (Å²) in [5.74, 6) is -5.34. The lowest BCUT2D eigenvalue weighted by Crippen LogP contribution is -2.25. The summed E-state index contributed by atoms with van der Waals surface area (Å²) in [6.07, 6.45) is 1.39. The second-order valence-electron chi connectivity index (χ2n) is 12.0. The minimum absolute atomic E-state index is 0.0343. The third kappa shape index (κ3) is 7.07. The summed E-state index contributed by atoms with van der Waals surface area (Å²) >= 11 is 0. The van der Waals surface area contributed by atoms with Crippen LogP contribution in [0.2, 0.25) is 0 Å². The van der Waals surface area contributed by atoms with Gasteiger partial charge in [-0.15, -0.1) is 0 Å². The third-order valence-corrected chi connectivity index (χ3v) is 7.88. The van der Waals surface area contributed by atoms with Gasteiger partial charge in [0.15, 0.2) is 17.3 Å². The second-order valence-corrected chi connectivity index (χ2v) is 12.0. The summed E-state index contributed by atoms with van der Waals surface area (Å²) in [4.78, 5) is 80.6. The summed E-state index contributed by atoms with van der Waals surface area (Å²) in [5.41, 5.74) is -0.698. The van der Waals surface area contributed by atoms with E-state index in [1.807, 2.05) is 13.8 Å². The van der Waals surface area contributed by atoms with Crippen molar-refractivity contribution in [3.63, 3.8) is 0 Å². The number of hydrogen-bond donors (Lipinski definition) is 4. The van der Waals surface area contributed by atoms with Crippen LogP contribution in [0.3, 0.4) is 0 Å². The van der Waals surface area contributed by atoms with Gasteiger partial charge in [-0.2, -0.15) is 0 Å². The molecule has 3 aliphatic rings. The van der Waals surface area contributed by atoms with Crippen LogP contribution >= 0.6 is 0 Å². The normalized spacial score (nSPS) is 17.0. The maximum atomic E-state index is 12.6. The first-order valence-electron chi connectivity index (χ1n) is 15.6. The maximum absolute atomic E-state index is 12.6. The number of rotatable bonds is 6. The van der Waals surface area contributed by atoms with E-state index in [9.17, 15) is 33.9 Å². The number of carboxylic acid groups (broad SMARTS) is 1. The zero-order chi connectivity index (χ0) is 38.1. The van der Waals surface area contributed by atoms with Gasteiger partial charge in [0, 0.05) is 12.4 Å². The lowest BCUT2D eigenvalue weighted by Gasteiger charge is -2.15. The first-order chi connectivity index (χ1) is 24.6. The average molecular weight is 721 g/mol. The maximum Gasteiger partial charge on any atom is 0.342 e. The molecule has 7 rings (SSSR count). The van der Waals surface area contributed by atoms with E-state index in [-0.39, 0.29) is 80.5 Å². The number of nitrogens with zero attached hydrogens (tertiary/aromatic N) is 2. The fourth-order valence-corrected chi connectivity index (χ4v) is 5.52. The molecule has 0 aromatic carbocycles. The molecule has 52 heavy (non-hydrogen) atoms. The van der Waals surface area contributed by atoms with Crippen LogP contribution in [0.5, 0.6) is 0 Å². The number of aromatic nitrogens is 2. The molecule has 0 radical (unpaired) electrons. The summed E-state index contributed by atoms with van der Waals surface area (Å²) in [6.45, 7) is 6.02. The van der Waals surface area contributed by atoms with E-state index in [0.29, 0.717) is 6.61 Å². The molecule has 272 valence electrons. The summed E-state index contributed by atoms with van der Waals surface area (Å²) in [6, 6.07) is 5.97. The lowest BCUT2D eigenvalue weighted by molar-refractivity contribution is -0.142. The molecular weight excluding hydrogens is 688 g/mol. The van der Waals surface area contributed by atoms with Crippen LogP contribution in [0.4, 0.5) is 0 Å². The van der Waals surface area contributed by atoms with Crippen molar-refractivity contribution in [2.45, 2.75) is 45.7 Å². The van der Waals surface area contributed by atoms with Gasteiger partial charge in [-0.1, -0.05) is 0 Å². The molecule has 4 aromatic rings. The second kappa shape index (κ2) is 14.9. The van der Waals surface area contributed by atoms with Gasteiger partial charge in [-0.05, 0) is 52.0 Å². The van der Waals surface area contributed by atoms with Crippen LogP contribution in [0.1, 0.15) is 110 Å². The molecule has 0 spiro atoms. The van der Waals surface area contributed by atoms with Crippen molar-refractivity contribution in [1.29, 1.82) is 0 Å². The van der Waals surface area contributed by atoms with Gasteiger partial charge in [-0.3, -0.25) is 29.1 Å². The van der Waals surface area contributed by atoms with Crippen molar-refractivity contribution >= 4 is 35.1 Å². The Morgan fingerprint density at radius 2 is 1.37 bits per heavy atom. The van der Waals surface area contributed by atoms with Crippen LogP contribution < -0.4 is 0 Å². The van der Waals surface area contributed by atoms with Gasteiger partial charge >= 0.3 is 11.9 Å². The van der Waals surface area contributed by atoms with Crippen molar-refractivity contribution in [2.24, 2.45) is 0 Å². The van der Waals surface area contributed by atoms with E-state index in [1.165, 1.54) is 50.5 Å². The highest BCUT2D eigenvalue weighted by Crippen LogP contribution is 2.34. The van der Waals surface area contributed by atoms with Crippen molar-refractivity contribution in [1.82, 2.24) is 9.97 Å². The molecule has 2 aliphatic carbocycles. The number of carbonyl (C=O) groups excluding carboxylic acids is 5. The number of aliphatic hydroxyl groups excluding tert-OH is 3. The smallest absolute Gasteiger partial charge is 0.342 e. The Kier molecular flexibility index (Phi) is 10.7. The highest BCUT2D eigenvalue weighted by Gasteiger charge is 2.41. The highest BCUT2D eigenvalue weighted by atomic mass is 16.7. The number of aryl methyl sites for hydroxylation is 2. The van der Waals surface area contributed by atoms with Crippen LogP contribution in [0.25, 0.3) is 0 Å². The van der Waals surface area contributed by atoms with Crippen LogP contribution in [-0.2, 0) is 14.2 Å². The molecule has 1 fully saturated rings. The van der Waals surface area contributed by atoms with Crippen LogP contribution in [-0.4, -0.2) is 110 Å². The quantitative estimate of drug-likeness (QED) is 0.179. The van der Waals surface area contributed by atoms with E-state index < -0.39 is 60.2 Å². The Labute approximate surface area is 293 Å². The Morgan fingerprint density at radius 3 is 1.79 bits per heavy atom. The number of fused-ring (bicyclic) bond motifs is 4. The number of pyridine rings is 2. The molecule has 0 bridgehead atoms. The molecule has 4 aromatic heterocycles. The molecule has 5 heterocycles. The minimum Gasteiger partial charge on any atom is -0.478 e. The van der Waals surface area contributed by atoms with Crippen molar-refractivity contribution < 1.29 is 72.2 Å². The van der Waals surface area contributed by atoms with Gasteiger partial charge in [0.2, 0.25) is 23.1 Å². The van der Waals surface area contributed by atoms with Crippen molar-refractivity contribution in [3.05, 3.63) is 104 Å². The van der Waals surface area contributed by atoms with Gasteiger partial charge < -0.3 is 43.5 Å². The Morgan fingerprint density at radius 1 is 0.865 bits per heavy atom. The van der Waals surface area contributed by atoms with E-state index in [4.69, 9.17) is 38.4 Å². The van der Waals surface area contributed by atoms with Gasteiger partial charge in [-0.25, -0.2) is 9.59 Å². The minimum atomic E-state index is -1.30. The van der Waals surface area contributed by atoms with E-state index >= 15 is 0 Å². The van der Waals surface area contributed by atoms with E-state index in [2.05, 4.69) is 9.97 Å². The number of carboxylic acids is 1. The first-order valence-corrected chi connectivity index (χ1v) is 15.6. The standard InChI is InChI=1S/C16H13NO7.C13H7NO5.C6H12O3/c1-7-10(16(22)23-6-8(19)5-18)11-14(21)12-9(3-2-4-17-12)13(20)15(11)24-7;1-5-7(13(17)18)8-11(16)9-6(3-2-4-14-9)10(15)12(8)19-5;1-6(2)8-4-5(3-7)9-6/h2-4,8,18-19H,5-6H2,1H3;2-4H,1H3,(H,17,18);5,7H,3-4H2,1-2H3/t8-;;5-/m0.1/s1. The number of ether oxygens (including phenoxy) is 3. The number of carbonyl (C=O) groups is 6. The van der Waals surface area contributed by atoms with Gasteiger partial charge in [0.1, 0.15) is 52.9 Å². The molecule has 0 saturated carbocycles. The topological polar surface area (TPSA) is 263 Å². The molecule has 17 nitrogen and oxygen atoms in total. The highest BCUT2D eigenvalue weighted by molar-refractivity contribution is 6.30. The SMILES string of the molecule is CC1(C)OC[C@@H](CO)O1.Cc1oc2c(c1C(=O)O)C(=O)c1ncccc1C2=O.Cc1oc2c(c1C(=O)OC[C@@H](O)CO)C(=O)c1ncccc1C2=O. The van der Waals surface area contributed by atoms with Gasteiger partial charge in [0.05, 0.1) is 42.1 Å². The number of aliphatic hydroxyl groups is 3. The van der Waals surface area contributed by atoms with E-state index in [0.717, 1.165) is 0 Å². The summed E-state index contributed by atoms with van der Waals surface area (Å²) in [7, 11) is 0. The molecule has 1 aliphatic heterocycles. The number of aromatic carboxylic acids is 1. The fourth-order valence-electron chi connectivity index (χ4n) is 5.52. The van der Waals surface area contributed by atoms with Crippen LogP contribution in [0.15, 0.2) is 45.5 Å². The Bertz CT molecular complexity index is 2110. The zero-order valence-corrected chi connectivity index (χ0v) is 28.1. The number of ketones is 4. The molecule has 17 heteroatoms. The van der Waals surface area contributed by atoms with Crippen LogP contribution in [0, 0.1) is 13.8 Å². The summed E-state index contributed by atoms with van der Waals surface area (Å²) in [5, 5.41) is 35.7. The van der Waals surface area contributed by atoms with Crippen molar-refractivity contribution in [2.75, 3.05) is 26.4 Å². The Hall–Kier alpha value is -5.72. The monoisotopic (exact) mass is 720 g/mol. The predicted octanol–water partition coefficient (Wildman–Crippen LogP) is 1.86. The fraction of sp³-hybridized carbons (Fsp3) is 0.314. The predicted molar refractivity (Wildman–Crippen MR) is 171 cm³/mol.